The van der Waals surface area contributed by atoms with E-state index < -0.39 is 33.7 Å². The summed E-state index contributed by atoms with van der Waals surface area (Å²) in [7, 11) is 0. The van der Waals surface area contributed by atoms with Gasteiger partial charge in [0.15, 0.2) is 0 Å². The van der Waals surface area contributed by atoms with Gasteiger partial charge in [-0.3, -0.25) is 14.9 Å². The molecular weight excluding hydrogens is 286 g/mol. The van der Waals surface area contributed by atoms with E-state index in [1.807, 2.05) is 0 Å². The zero-order valence-corrected chi connectivity index (χ0v) is 11.1. The van der Waals surface area contributed by atoms with Crippen LogP contribution in [0.3, 0.4) is 0 Å². The quantitative estimate of drug-likeness (QED) is 0.664. The topological polar surface area (TPSA) is 83.7 Å². The van der Waals surface area contributed by atoms with E-state index in [0.717, 1.165) is 6.42 Å². The van der Waals surface area contributed by atoms with Crippen LogP contribution >= 0.6 is 0 Å². The molecule has 0 saturated heterocycles. The van der Waals surface area contributed by atoms with Gasteiger partial charge in [-0.05, 0) is 25.3 Å². The third-order valence-electron chi connectivity index (χ3n) is 3.56. The number of nitrogens with zero attached hydrogens (tertiary/aromatic N) is 2. The molecule has 2 rings (SSSR count). The maximum atomic E-state index is 14.0. The van der Waals surface area contributed by atoms with E-state index in [9.17, 15) is 23.7 Å². The molecule has 21 heavy (non-hydrogen) atoms. The van der Waals surface area contributed by atoms with Gasteiger partial charge in [0.25, 0.3) is 5.91 Å². The standard InChI is InChI=1S/C13H14F2N2O4/c14-8-6-10(12(15)11(7-8)17(20)21)13(19)16(4-5-18)9-2-1-3-9/h6-7,9,18H,1-5H2. The Morgan fingerprint density at radius 3 is 2.57 bits per heavy atom. The van der Waals surface area contributed by atoms with Crippen molar-refractivity contribution in [3.05, 3.63) is 39.4 Å². The van der Waals surface area contributed by atoms with Gasteiger partial charge in [-0.2, -0.15) is 4.39 Å². The minimum Gasteiger partial charge on any atom is -0.395 e. The number of rotatable bonds is 5. The Balaban J connectivity index is 2.39. The highest BCUT2D eigenvalue weighted by molar-refractivity contribution is 5.95. The van der Waals surface area contributed by atoms with Crippen LogP contribution in [-0.2, 0) is 0 Å². The average Bonchev–Trinajstić information content (AvgIpc) is 2.37. The lowest BCUT2D eigenvalue weighted by atomic mass is 9.91. The summed E-state index contributed by atoms with van der Waals surface area (Å²) in [5.41, 5.74) is -1.75. The van der Waals surface area contributed by atoms with Gasteiger partial charge >= 0.3 is 5.69 Å². The first-order valence-electron chi connectivity index (χ1n) is 6.51. The predicted octanol–water partition coefficient (Wildman–Crippen LogP) is 1.86. The van der Waals surface area contributed by atoms with Gasteiger partial charge in [-0.1, -0.05) is 0 Å². The van der Waals surface area contributed by atoms with Gasteiger partial charge in [0.05, 0.1) is 23.2 Å². The fourth-order valence-corrected chi connectivity index (χ4v) is 2.27. The van der Waals surface area contributed by atoms with Crippen molar-refractivity contribution < 1.29 is 23.6 Å². The Kier molecular flexibility index (Phi) is 4.46. The Hall–Kier alpha value is -2.09. The molecule has 0 spiro atoms. The average molecular weight is 300 g/mol. The fraction of sp³-hybridized carbons (Fsp3) is 0.462. The molecule has 1 aromatic rings. The van der Waals surface area contributed by atoms with Crippen molar-refractivity contribution in [1.82, 2.24) is 4.90 Å². The number of halogens is 2. The van der Waals surface area contributed by atoms with Crippen molar-refractivity contribution in [2.24, 2.45) is 0 Å². The van der Waals surface area contributed by atoms with E-state index in [0.29, 0.717) is 25.0 Å². The lowest BCUT2D eigenvalue weighted by Gasteiger charge is -2.37. The third kappa shape index (κ3) is 2.99. The number of carbonyl (C=O) groups excluding carboxylic acids is 1. The summed E-state index contributed by atoms with van der Waals surface area (Å²) in [5.74, 6) is -3.24. The summed E-state index contributed by atoms with van der Waals surface area (Å²) >= 11 is 0. The van der Waals surface area contributed by atoms with Gasteiger partial charge in [0, 0.05) is 12.6 Å². The highest BCUT2D eigenvalue weighted by Gasteiger charge is 2.32. The Bertz CT molecular complexity index is 576. The van der Waals surface area contributed by atoms with Gasteiger partial charge in [-0.25, -0.2) is 4.39 Å². The summed E-state index contributed by atoms with van der Waals surface area (Å²) in [6.45, 7) is -0.339. The Labute approximate surface area is 119 Å². The molecule has 0 aliphatic heterocycles. The maximum absolute atomic E-state index is 14.0. The van der Waals surface area contributed by atoms with Gasteiger partial charge in [-0.15, -0.1) is 0 Å². The molecule has 6 nitrogen and oxygen atoms in total. The van der Waals surface area contributed by atoms with Crippen LogP contribution in [0.2, 0.25) is 0 Å². The molecule has 0 aromatic heterocycles. The molecular formula is C13H14F2N2O4. The van der Waals surface area contributed by atoms with E-state index >= 15 is 0 Å². The van der Waals surface area contributed by atoms with Crippen molar-refractivity contribution in [3.8, 4) is 0 Å². The molecule has 0 unspecified atom stereocenters. The molecule has 0 heterocycles. The maximum Gasteiger partial charge on any atom is 0.308 e. The molecule has 0 atom stereocenters. The zero-order chi connectivity index (χ0) is 15.6. The van der Waals surface area contributed by atoms with Crippen molar-refractivity contribution in [2.45, 2.75) is 25.3 Å². The number of benzene rings is 1. The second-order valence-electron chi connectivity index (χ2n) is 4.85. The van der Waals surface area contributed by atoms with Gasteiger partial charge < -0.3 is 10.0 Å². The van der Waals surface area contributed by atoms with Crippen LogP contribution in [0, 0.1) is 21.7 Å². The van der Waals surface area contributed by atoms with E-state index in [4.69, 9.17) is 5.11 Å². The molecule has 114 valence electrons. The van der Waals surface area contributed by atoms with E-state index in [1.54, 1.807) is 0 Å². The second kappa shape index (κ2) is 6.13. The lowest BCUT2D eigenvalue weighted by Crippen LogP contribution is -2.46. The molecule has 1 aliphatic carbocycles. The number of hydrogen-bond acceptors (Lipinski definition) is 4. The minimum atomic E-state index is -1.35. The van der Waals surface area contributed by atoms with Crippen LogP contribution in [0.5, 0.6) is 0 Å². The lowest BCUT2D eigenvalue weighted by molar-refractivity contribution is -0.387. The smallest absolute Gasteiger partial charge is 0.308 e. The number of aliphatic hydroxyl groups is 1. The monoisotopic (exact) mass is 300 g/mol. The fourth-order valence-electron chi connectivity index (χ4n) is 2.27. The SMILES string of the molecule is O=C(c1cc(F)cc([N+](=O)[O-])c1F)N(CCO)C1CCC1. The molecule has 1 aliphatic rings. The molecule has 1 N–H and O–H groups in total. The van der Waals surface area contributed by atoms with Crippen molar-refractivity contribution in [3.63, 3.8) is 0 Å². The summed E-state index contributed by atoms with van der Waals surface area (Å²) in [6, 6.07) is 0.936. The summed E-state index contributed by atoms with van der Waals surface area (Å²) in [4.78, 5) is 23.1. The highest BCUT2D eigenvalue weighted by atomic mass is 19.1. The number of hydrogen-bond donors (Lipinski definition) is 1. The molecule has 8 heteroatoms. The molecule has 0 radical (unpaired) electrons. The highest BCUT2D eigenvalue weighted by Crippen LogP contribution is 2.28. The number of carbonyl (C=O) groups is 1. The molecule has 1 amide bonds. The van der Waals surface area contributed by atoms with Crippen LogP contribution in [0.25, 0.3) is 0 Å². The van der Waals surface area contributed by atoms with Gasteiger partial charge in [0.1, 0.15) is 5.82 Å². The number of amides is 1. The van der Waals surface area contributed by atoms with Crippen LogP contribution < -0.4 is 0 Å². The molecule has 1 fully saturated rings. The van der Waals surface area contributed by atoms with E-state index in [1.165, 1.54) is 4.90 Å². The third-order valence-corrected chi connectivity index (χ3v) is 3.56. The molecule has 0 bridgehead atoms. The van der Waals surface area contributed by atoms with E-state index in [2.05, 4.69) is 0 Å². The summed E-state index contributed by atoms with van der Waals surface area (Å²) in [6.07, 6.45) is 2.33. The molecule has 1 aromatic carbocycles. The first-order chi connectivity index (χ1) is 9.95. The first kappa shape index (κ1) is 15.3. The summed E-state index contributed by atoms with van der Waals surface area (Å²) in [5, 5.41) is 19.7. The largest absolute Gasteiger partial charge is 0.395 e. The van der Waals surface area contributed by atoms with Crippen LogP contribution in [0.1, 0.15) is 29.6 Å². The zero-order valence-electron chi connectivity index (χ0n) is 11.1. The van der Waals surface area contributed by atoms with Gasteiger partial charge in [0.2, 0.25) is 5.82 Å². The van der Waals surface area contributed by atoms with Crippen molar-refractivity contribution >= 4 is 11.6 Å². The normalized spacial score (nSPS) is 14.6. The number of nitro groups is 1. The minimum absolute atomic E-state index is 0.0206. The number of aliphatic hydroxyl groups excluding tert-OH is 1. The first-order valence-corrected chi connectivity index (χ1v) is 6.51. The van der Waals surface area contributed by atoms with Crippen LogP contribution in [-0.4, -0.2) is 40.0 Å². The van der Waals surface area contributed by atoms with Crippen molar-refractivity contribution in [1.29, 1.82) is 0 Å². The summed E-state index contributed by atoms with van der Waals surface area (Å²) < 4.78 is 27.4. The Morgan fingerprint density at radius 1 is 1.43 bits per heavy atom. The Morgan fingerprint density at radius 2 is 2.10 bits per heavy atom. The second-order valence-corrected chi connectivity index (χ2v) is 4.85. The van der Waals surface area contributed by atoms with Crippen LogP contribution in [0.4, 0.5) is 14.5 Å². The number of nitro benzene ring substituents is 1. The molecule has 1 saturated carbocycles. The van der Waals surface area contributed by atoms with Crippen molar-refractivity contribution in [2.75, 3.05) is 13.2 Å². The van der Waals surface area contributed by atoms with E-state index in [-0.39, 0.29) is 19.2 Å². The van der Waals surface area contributed by atoms with Crippen LogP contribution in [0.15, 0.2) is 12.1 Å². The predicted molar refractivity (Wildman–Crippen MR) is 68.8 cm³/mol.